The third-order valence-corrected chi connectivity index (χ3v) is 6.30. The molecular weight excluding hydrogens is 418 g/mol. The molecule has 0 spiro atoms. The van der Waals surface area contributed by atoms with Crippen molar-refractivity contribution in [3.63, 3.8) is 0 Å². The molecule has 33 heavy (non-hydrogen) atoms. The van der Waals surface area contributed by atoms with Gasteiger partial charge < -0.3 is 16.4 Å². The molecule has 1 aliphatic heterocycles. The van der Waals surface area contributed by atoms with E-state index >= 15 is 0 Å². The van der Waals surface area contributed by atoms with Crippen molar-refractivity contribution in [1.29, 1.82) is 0 Å². The SMILES string of the molecule is Cn1cc(-c2n[nH]c3ccc(-c4ccc(N)c5c4CN(CC(C)(C)C(N)=O)C5=O)cc23)cn1. The van der Waals surface area contributed by atoms with E-state index in [2.05, 4.69) is 21.4 Å². The second-order valence-electron chi connectivity index (χ2n) is 9.20. The maximum atomic E-state index is 13.2. The number of nitrogens with two attached hydrogens (primary N) is 2. The number of nitrogen functional groups attached to an aromatic ring is 1. The number of aromatic nitrogens is 4. The lowest BCUT2D eigenvalue weighted by molar-refractivity contribution is -0.126. The Bertz CT molecular complexity index is 1430. The molecule has 2 aromatic heterocycles. The predicted molar refractivity (Wildman–Crippen MR) is 126 cm³/mol. The van der Waals surface area contributed by atoms with E-state index < -0.39 is 11.3 Å². The van der Waals surface area contributed by atoms with E-state index in [1.54, 1.807) is 35.7 Å². The maximum absolute atomic E-state index is 13.2. The van der Waals surface area contributed by atoms with E-state index in [1.165, 1.54) is 0 Å². The van der Waals surface area contributed by atoms with Crippen molar-refractivity contribution in [3.8, 4) is 22.4 Å². The van der Waals surface area contributed by atoms with Gasteiger partial charge >= 0.3 is 0 Å². The van der Waals surface area contributed by atoms with E-state index in [9.17, 15) is 9.59 Å². The van der Waals surface area contributed by atoms with Crippen LogP contribution in [0.5, 0.6) is 0 Å². The monoisotopic (exact) mass is 443 g/mol. The Labute approximate surface area is 190 Å². The van der Waals surface area contributed by atoms with Gasteiger partial charge in [0.1, 0.15) is 5.69 Å². The van der Waals surface area contributed by atoms with Crippen LogP contribution in [0.4, 0.5) is 5.69 Å². The van der Waals surface area contributed by atoms with E-state index in [4.69, 9.17) is 11.5 Å². The molecule has 0 fully saturated rings. The summed E-state index contributed by atoms with van der Waals surface area (Å²) in [7, 11) is 1.86. The number of carbonyl (C=O) groups excluding carboxylic acids is 2. The van der Waals surface area contributed by atoms with Gasteiger partial charge in [0.15, 0.2) is 0 Å². The van der Waals surface area contributed by atoms with E-state index in [0.717, 1.165) is 38.9 Å². The van der Waals surface area contributed by atoms with Gasteiger partial charge in [-0.25, -0.2) is 0 Å². The molecule has 3 heterocycles. The summed E-state index contributed by atoms with van der Waals surface area (Å²) in [6, 6.07) is 9.74. The number of rotatable bonds is 5. The molecule has 0 bridgehead atoms. The number of anilines is 1. The number of aryl methyl sites for hydroxylation is 1. The minimum Gasteiger partial charge on any atom is -0.398 e. The van der Waals surface area contributed by atoms with Crippen LogP contribution in [0.2, 0.25) is 0 Å². The second kappa shape index (κ2) is 7.19. The van der Waals surface area contributed by atoms with Crippen molar-refractivity contribution >= 4 is 28.4 Å². The van der Waals surface area contributed by atoms with Gasteiger partial charge in [0.2, 0.25) is 5.91 Å². The first-order valence-corrected chi connectivity index (χ1v) is 10.6. The van der Waals surface area contributed by atoms with Crippen LogP contribution < -0.4 is 11.5 Å². The van der Waals surface area contributed by atoms with Crippen LogP contribution in [0.25, 0.3) is 33.3 Å². The lowest BCUT2D eigenvalue weighted by Crippen LogP contribution is -2.42. The van der Waals surface area contributed by atoms with Crippen LogP contribution in [-0.2, 0) is 18.4 Å². The van der Waals surface area contributed by atoms with Crippen LogP contribution in [0, 0.1) is 5.41 Å². The normalized spacial score (nSPS) is 13.7. The Hall–Kier alpha value is -4.14. The van der Waals surface area contributed by atoms with Gasteiger partial charge in [0.25, 0.3) is 5.91 Å². The Morgan fingerprint density at radius 1 is 1.21 bits per heavy atom. The Morgan fingerprint density at radius 3 is 2.70 bits per heavy atom. The van der Waals surface area contributed by atoms with Crippen LogP contribution >= 0.6 is 0 Å². The lowest BCUT2D eigenvalue weighted by atomic mass is 9.92. The second-order valence-corrected chi connectivity index (χ2v) is 9.20. The highest BCUT2D eigenvalue weighted by Gasteiger charge is 2.37. The number of hydrogen-bond acceptors (Lipinski definition) is 5. The molecule has 0 atom stereocenters. The highest BCUT2D eigenvalue weighted by Crippen LogP contribution is 2.39. The van der Waals surface area contributed by atoms with Crippen LogP contribution in [0.1, 0.15) is 29.8 Å². The molecule has 9 nitrogen and oxygen atoms in total. The number of H-pyrrole nitrogens is 1. The van der Waals surface area contributed by atoms with Crippen LogP contribution in [0.15, 0.2) is 42.7 Å². The number of fused-ring (bicyclic) bond motifs is 2. The number of aromatic amines is 1. The van der Waals surface area contributed by atoms with E-state index in [1.807, 2.05) is 31.4 Å². The molecule has 0 unspecified atom stereocenters. The Kier molecular flexibility index (Phi) is 4.52. The summed E-state index contributed by atoms with van der Waals surface area (Å²) in [5, 5.41) is 12.8. The number of carbonyl (C=O) groups is 2. The quantitative estimate of drug-likeness (QED) is 0.408. The standard InChI is InChI=1S/C24H25N7O2/c1-24(2,23(26)33)12-31-11-17-15(5-6-18(25)20(17)22(31)32)13-4-7-19-16(8-13)21(29-28-19)14-9-27-30(3)10-14/h4-10H,11-12,25H2,1-3H3,(H2,26,33)(H,28,29). The first-order chi connectivity index (χ1) is 15.7. The highest BCUT2D eigenvalue weighted by atomic mass is 16.2. The first kappa shape index (κ1) is 20.7. The molecule has 9 heteroatoms. The van der Waals surface area contributed by atoms with Crippen molar-refractivity contribution in [1.82, 2.24) is 24.9 Å². The van der Waals surface area contributed by atoms with Crippen molar-refractivity contribution in [2.75, 3.05) is 12.3 Å². The fourth-order valence-corrected chi connectivity index (χ4v) is 4.40. The molecule has 168 valence electrons. The van der Waals surface area contributed by atoms with E-state index in [0.29, 0.717) is 17.8 Å². The number of benzene rings is 2. The fraction of sp³-hybridized carbons (Fsp3) is 0.250. The number of amides is 2. The third-order valence-electron chi connectivity index (χ3n) is 6.30. The minimum absolute atomic E-state index is 0.181. The smallest absolute Gasteiger partial charge is 0.256 e. The number of nitrogens with zero attached hydrogens (tertiary/aromatic N) is 4. The molecule has 5 rings (SSSR count). The van der Waals surface area contributed by atoms with Gasteiger partial charge in [0.05, 0.1) is 22.7 Å². The van der Waals surface area contributed by atoms with Crippen molar-refractivity contribution < 1.29 is 9.59 Å². The van der Waals surface area contributed by atoms with Gasteiger partial charge in [0, 0.05) is 43.0 Å². The summed E-state index contributed by atoms with van der Waals surface area (Å²) in [5.74, 6) is -0.632. The summed E-state index contributed by atoms with van der Waals surface area (Å²) >= 11 is 0. The van der Waals surface area contributed by atoms with Crippen molar-refractivity contribution in [3.05, 3.63) is 53.9 Å². The summed E-state index contributed by atoms with van der Waals surface area (Å²) in [6.07, 6.45) is 3.69. The summed E-state index contributed by atoms with van der Waals surface area (Å²) in [6.45, 7) is 4.07. The lowest BCUT2D eigenvalue weighted by Gasteiger charge is -2.27. The van der Waals surface area contributed by atoms with Gasteiger partial charge in [-0.15, -0.1) is 0 Å². The van der Waals surface area contributed by atoms with Crippen molar-refractivity contribution in [2.45, 2.75) is 20.4 Å². The van der Waals surface area contributed by atoms with E-state index in [-0.39, 0.29) is 12.5 Å². The van der Waals surface area contributed by atoms with Crippen LogP contribution in [-0.4, -0.2) is 43.2 Å². The first-order valence-electron chi connectivity index (χ1n) is 10.6. The number of nitrogens with one attached hydrogen (secondary N) is 1. The van der Waals surface area contributed by atoms with Gasteiger partial charge in [-0.05, 0) is 48.7 Å². The van der Waals surface area contributed by atoms with Gasteiger partial charge in [-0.3, -0.25) is 19.4 Å². The molecule has 4 aromatic rings. The summed E-state index contributed by atoms with van der Waals surface area (Å²) in [5.41, 5.74) is 17.2. The zero-order valence-corrected chi connectivity index (χ0v) is 18.7. The predicted octanol–water partition coefficient (Wildman–Crippen LogP) is 2.68. The summed E-state index contributed by atoms with van der Waals surface area (Å²) < 4.78 is 1.74. The largest absolute Gasteiger partial charge is 0.398 e. The highest BCUT2D eigenvalue weighted by molar-refractivity contribution is 6.06. The minimum atomic E-state index is -0.846. The number of primary amides is 1. The molecular formula is C24H25N7O2. The molecule has 0 saturated heterocycles. The van der Waals surface area contributed by atoms with Gasteiger partial charge in [-0.1, -0.05) is 12.1 Å². The molecule has 1 aliphatic rings. The zero-order chi connectivity index (χ0) is 23.5. The average molecular weight is 444 g/mol. The fourth-order valence-electron chi connectivity index (χ4n) is 4.40. The molecule has 2 amide bonds. The third kappa shape index (κ3) is 3.32. The molecule has 0 aliphatic carbocycles. The van der Waals surface area contributed by atoms with Crippen LogP contribution in [0.3, 0.4) is 0 Å². The maximum Gasteiger partial charge on any atom is 0.256 e. The molecule has 2 aromatic carbocycles. The zero-order valence-electron chi connectivity index (χ0n) is 18.7. The molecule has 0 saturated carbocycles. The summed E-state index contributed by atoms with van der Waals surface area (Å²) in [4.78, 5) is 26.7. The topological polar surface area (TPSA) is 136 Å². The Balaban J connectivity index is 1.59. The molecule has 5 N–H and O–H groups in total. The van der Waals surface area contributed by atoms with Gasteiger partial charge in [-0.2, -0.15) is 10.2 Å². The Morgan fingerprint density at radius 2 is 2.00 bits per heavy atom. The number of hydrogen-bond donors (Lipinski definition) is 3. The van der Waals surface area contributed by atoms with Crippen molar-refractivity contribution in [2.24, 2.45) is 18.2 Å². The average Bonchev–Trinajstić information content (AvgIpc) is 3.45. The molecule has 0 radical (unpaired) electrons.